The Hall–Kier alpha value is -2.58. The lowest BCUT2D eigenvalue weighted by atomic mass is 10.2. The van der Waals surface area contributed by atoms with Gasteiger partial charge in [-0.25, -0.2) is 13.1 Å². The first-order chi connectivity index (χ1) is 12.9. The molecule has 2 rings (SSSR count). The Kier molecular flexibility index (Phi) is 7.20. The van der Waals surface area contributed by atoms with Crippen LogP contribution in [-0.4, -0.2) is 41.1 Å². The molecule has 0 aliphatic rings. The van der Waals surface area contributed by atoms with Gasteiger partial charge in [-0.1, -0.05) is 6.07 Å². The lowest BCUT2D eigenvalue weighted by molar-refractivity contribution is -0.116. The summed E-state index contributed by atoms with van der Waals surface area (Å²) in [6, 6.07) is 13.2. The first-order valence-electron chi connectivity index (χ1n) is 8.52. The maximum Gasteiger partial charge on any atom is 0.240 e. The maximum atomic E-state index is 12.4. The molecule has 0 saturated carbocycles. The average Bonchev–Trinajstić information content (AvgIpc) is 2.65. The molecule has 0 spiro atoms. The van der Waals surface area contributed by atoms with Crippen LogP contribution < -0.4 is 19.1 Å². The minimum absolute atomic E-state index is 0.0757. The monoisotopic (exact) mass is 392 g/mol. The van der Waals surface area contributed by atoms with Crippen molar-refractivity contribution in [2.24, 2.45) is 0 Å². The third-order valence-electron chi connectivity index (χ3n) is 3.82. The highest BCUT2D eigenvalue weighted by atomic mass is 32.2. The molecular weight excluding hydrogens is 368 g/mol. The van der Waals surface area contributed by atoms with Crippen LogP contribution in [0.2, 0.25) is 0 Å². The number of methoxy groups -OCH3 is 1. The number of hydrogen-bond acceptors (Lipinski definition) is 5. The third-order valence-corrected chi connectivity index (χ3v) is 5.29. The van der Waals surface area contributed by atoms with Gasteiger partial charge >= 0.3 is 0 Å². The largest absolute Gasteiger partial charge is 0.497 e. The summed E-state index contributed by atoms with van der Waals surface area (Å²) in [5, 5.41) is 0. The van der Waals surface area contributed by atoms with Crippen LogP contribution in [0.5, 0.6) is 11.5 Å². The van der Waals surface area contributed by atoms with Crippen molar-refractivity contribution in [3.63, 3.8) is 0 Å². The summed E-state index contributed by atoms with van der Waals surface area (Å²) in [4.78, 5) is 13.6. The molecule has 0 unspecified atom stereocenters. The highest BCUT2D eigenvalue weighted by molar-refractivity contribution is 7.89. The normalized spacial score (nSPS) is 11.1. The SMILES string of the molecule is CCOc1ccc(S(=O)(=O)NCCN(C(C)=O)c2cccc(OC)c2)cc1. The molecule has 2 aromatic carbocycles. The lowest BCUT2D eigenvalue weighted by Crippen LogP contribution is -2.37. The molecule has 8 heteroatoms. The summed E-state index contributed by atoms with van der Waals surface area (Å²) < 4.78 is 37.8. The van der Waals surface area contributed by atoms with Crippen LogP contribution in [-0.2, 0) is 14.8 Å². The molecular formula is C19H24N2O5S. The molecule has 0 atom stereocenters. The van der Waals surface area contributed by atoms with Crippen molar-refractivity contribution in [1.82, 2.24) is 4.72 Å². The van der Waals surface area contributed by atoms with Gasteiger partial charge in [0.1, 0.15) is 11.5 Å². The number of ether oxygens (including phenoxy) is 2. The van der Waals surface area contributed by atoms with Gasteiger partial charge in [-0.3, -0.25) is 4.79 Å². The van der Waals surface area contributed by atoms with Gasteiger partial charge in [0, 0.05) is 31.8 Å². The standard InChI is InChI=1S/C19H24N2O5S/c1-4-26-17-8-10-19(11-9-17)27(23,24)20-12-13-21(15(2)22)16-6-5-7-18(14-16)25-3/h5-11,14,20H,4,12-13H2,1-3H3. The predicted molar refractivity (Wildman–Crippen MR) is 104 cm³/mol. The minimum atomic E-state index is -3.68. The number of amides is 1. The fraction of sp³-hybridized carbons (Fsp3) is 0.316. The summed E-state index contributed by atoms with van der Waals surface area (Å²) in [6.07, 6.45) is 0. The van der Waals surface area contributed by atoms with Gasteiger partial charge in [0.25, 0.3) is 0 Å². The van der Waals surface area contributed by atoms with E-state index in [-0.39, 0.29) is 23.9 Å². The summed E-state index contributed by atoms with van der Waals surface area (Å²) in [5.41, 5.74) is 0.641. The molecule has 146 valence electrons. The molecule has 1 amide bonds. The fourth-order valence-corrected chi connectivity index (χ4v) is 3.52. The molecule has 0 radical (unpaired) electrons. The second-order valence-electron chi connectivity index (χ2n) is 5.67. The zero-order valence-corrected chi connectivity index (χ0v) is 16.5. The predicted octanol–water partition coefficient (Wildman–Crippen LogP) is 2.43. The van der Waals surface area contributed by atoms with E-state index in [4.69, 9.17) is 9.47 Å². The molecule has 7 nitrogen and oxygen atoms in total. The van der Waals surface area contributed by atoms with Gasteiger partial charge < -0.3 is 14.4 Å². The Morgan fingerprint density at radius 2 is 1.81 bits per heavy atom. The molecule has 0 fully saturated rings. The van der Waals surface area contributed by atoms with E-state index in [9.17, 15) is 13.2 Å². The van der Waals surface area contributed by atoms with Gasteiger partial charge in [-0.2, -0.15) is 0 Å². The van der Waals surface area contributed by atoms with Crippen LogP contribution >= 0.6 is 0 Å². The summed E-state index contributed by atoms with van der Waals surface area (Å²) in [6.45, 7) is 4.07. The van der Waals surface area contributed by atoms with Crippen LogP contribution in [0.4, 0.5) is 5.69 Å². The number of rotatable bonds is 9. The lowest BCUT2D eigenvalue weighted by Gasteiger charge is -2.22. The van der Waals surface area contributed by atoms with Crippen LogP contribution in [0.1, 0.15) is 13.8 Å². The number of benzene rings is 2. The van der Waals surface area contributed by atoms with E-state index in [0.29, 0.717) is 23.8 Å². The molecule has 0 heterocycles. The zero-order chi connectivity index (χ0) is 19.9. The summed E-state index contributed by atoms with van der Waals surface area (Å²) in [7, 11) is -2.13. The van der Waals surface area contributed by atoms with Crippen molar-refractivity contribution in [3.8, 4) is 11.5 Å². The molecule has 0 aliphatic heterocycles. The second kappa shape index (κ2) is 9.38. The second-order valence-corrected chi connectivity index (χ2v) is 7.44. The molecule has 0 bridgehead atoms. The number of nitrogens with one attached hydrogen (secondary N) is 1. The summed E-state index contributed by atoms with van der Waals surface area (Å²) >= 11 is 0. The van der Waals surface area contributed by atoms with E-state index in [1.807, 2.05) is 6.92 Å². The molecule has 2 aromatic rings. The molecule has 0 saturated heterocycles. The first-order valence-corrected chi connectivity index (χ1v) is 10.0. The smallest absolute Gasteiger partial charge is 0.240 e. The minimum Gasteiger partial charge on any atom is -0.497 e. The van der Waals surface area contributed by atoms with Crippen molar-refractivity contribution >= 4 is 21.6 Å². The van der Waals surface area contributed by atoms with Gasteiger partial charge in [0.05, 0.1) is 18.6 Å². The Morgan fingerprint density at radius 3 is 2.41 bits per heavy atom. The zero-order valence-electron chi connectivity index (χ0n) is 15.6. The van der Waals surface area contributed by atoms with Crippen molar-refractivity contribution in [2.45, 2.75) is 18.7 Å². The van der Waals surface area contributed by atoms with Gasteiger partial charge in [0.2, 0.25) is 15.9 Å². The number of carbonyl (C=O) groups is 1. The van der Waals surface area contributed by atoms with Crippen molar-refractivity contribution in [3.05, 3.63) is 48.5 Å². The van der Waals surface area contributed by atoms with E-state index < -0.39 is 10.0 Å². The van der Waals surface area contributed by atoms with Gasteiger partial charge in [0.15, 0.2) is 0 Å². The van der Waals surface area contributed by atoms with E-state index >= 15 is 0 Å². The molecule has 0 aromatic heterocycles. The first kappa shape index (κ1) is 20.7. The van der Waals surface area contributed by atoms with Crippen molar-refractivity contribution in [1.29, 1.82) is 0 Å². The molecule has 0 aliphatic carbocycles. The van der Waals surface area contributed by atoms with Crippen molar-refractivity contribution < 1.29 is 22.7 Å². The molecule has 1 N–H and O–H groups in total. The molecule has 27 heavy (non-hydrogen) atoms. The van der Waals surface area contributed by atoms with Gasteiger partial charge in [-0.15, -0.1) is 0 Å². The fourth-order valence-electron chi connectivity index (χ4n) is 2.50. The number of anilines is 1. The van der Waals surface area contributed by atoms with Crippen LogP contribution in [0, 0.1) is 0 Å². The number of nitrogens with zero attached hydrogens (tertiary/aromatic N) is 1. The van der Waals surface area contributed by atoms with E-state index in [2.05, 4.69) is 4.72 Å². The summed E-state index contributed by atoms with van der Waals surface area (Å²) in [5.74, 6) is 1.04. The van der Waals surface area contributed by atoms with Crippen molar-refractivity contribution in [2.75, 3.05) is 31.7 Å². The highest BCUT2D eigenvalue weighted by Crippen LogP contribution is 2.21. The number of carbonyl (C=O) groups excluding carboxylic acids is 1. The third kappa shape index (κ3) is 5.70. The number of hydrogen-bond donors (Lipinski definition) is 1. The van der Waals surface area contributed by atoms with E-state index in [0.717, 1.165) is 0 Å². The Bertz CT molecular complexity index is 866. The average molecular weight is 392 g/mol. The number of sulfonamides is 1. The quantitative estimate of drug-likeness (QED) is 0.708. The van der Waals surface area contributed by atoms with E-state index in [1.165, 1.54) is 24.0 Å². The van der Waals surface area contributed by atoms with E-state index in [1.54, 1.807) is 43.5 Å². The van der Waals surface area contributed by atoms with Crippen LogP contribution in [0.15, 0.2) is 53.4 Å². The van der Waals surface area contributed by atoms with Crippen LogP contribution in [0.25, 0.3) is 0 Å². The maximum absolute atomic E-state index is 12.4. The highest BCUT2D eigenvalue weighted by Gasteiger charge is 2.16. The Balaban J connectivity index is 2.03. The Morgan fingerprint density at radius 1 is 1.11 bits per heavy atom. The van der Waals surface area contributed by atoms with Gasteiger partial charge in [-0.05, 0) is 43.3 Å². The van der Waals surface area contributed by atoms with Crippen LogP contribution in [0.3, 0.4) is 0 Å². The topological polar surface area (TPSA) is 84.9 Å². The Labute approximate surface area is 160 Å².